The Bertz CT molecular complexity index is 1200. The predicted molar refractivity (Wildman–Crippen MR) is 115 cm³/mol. The number of anilines is 1. The van der Waals surface area contributed by atoms with E-state index in [9.17, 15) is 19.1 Å². The highest BCUT2D eigenvalue weighted by molar-refractivity contribution is 7.13. The van der Waals surface area contributed by atoms with Crippen LogP contribution in [0.2, 0.25) is 0 Å². The number of thiazole rings is 1. The molecule has 2 aromatic heterocycles. The normalized spacial score (nSPS) is 24.7. The third kappa shape index (κ3) is 3.20. The highest BCUT2D eigenvalue weighted by atomic mass is 32.1. The van der Waals surface area contributed by atoms with Gasteiger partial charge in [0.15, 0.2) is 5.13 Å². The SMILES string of the molecule is CN1[C@@H]2c3ccc(-c4cccc(F)c4)c(=O)n3C[C@H]1[C@H](CO)[C@H]2C(=O)Nc1nccs1. The standard InChI is InChI=1S/C22H21FN4O3S/c1-26-17-10-27-16(6-5-14(21(27)30)12-3-2-4-13(23)9-12)19(26)18(15(17)11-28)20(29)25-22-24-7-8-31-22/h2-9,15,17-19,28H,10-11H2,1H3,(H,24,25,29)/t15-,17-,18+,19+/m0/s1. The number of amides is 1. The molecule has 2 aliphatic heterocycles. The monoisotopic (exact) mass is 440 g/mol. The quantitative estimate of drug-likeness (QED) is 0.650. The van der Waals surface area contributed by atoms with Crippen LogP contribution in [0.5, 0.6) is 0 Å². The zero-order valence-electron chi connectivity index (χ0n) is 16.7. The van der Waals surface area contributed by atoms with Crippen molar-refractivity contribution in [2.45, 2.75) is 18.6 Å². The second kappa shape index (κ2) is 7.67. The summed E-state index contributed by atoms with van der Waals surface area (Å²) in [4.78, 5) is 32.7. The third-order valence-corrected chi connectivity index (χ3v) is 7.14. The van der Waals surface area contributed by atoms with Gasteiger partial charge in [0, 0.05) is 47.9 Å². The second-order valence-electron chi connectivity index (χ2n) is 7.97. The first kappa shape index (κ1) is 20.0. The molecule has 0 aliphatic carbocycles. The summed E-state index contributed by atoms with van der Waals surface area (Å²) in [6.07, 6.45) is 1.62. The molecule has 4 atom stereocenters. The van der Waals surface area contributed by atoms with Gasteiger partial charge in [0.25, 0.3) is 5.56 Å². The van der Waals surface area contributed by atoms with E-state index in [0.29, 0.717) is 22.8 Å². The summed E-state index contributed by atoms with van der Waals surface area (Å²) in [6, 6.07) is 8.96. The number of hydrogen-bond acceptors (Lipinski definition) is 6. The molecular formula is C22H21FN4O3S. The maximum Gasteiger partial charge on any atom is 0.258 e. The maximum absolute atomic E-state index is 13.7. The highest BCUT2D eigenvalue weighted by Gasteiger charge is 2.54. The van der Waals surface area contributed by atoms with Gasteiger partial charge in [-0.2, -0.15) is 0 Å². The molecular weight excluding hydrogens is 419 g/mol. The maximum atomic E-state index is 13.7. The zero-order valence-corrected chi connectivity index (χ0v) is 17.6. The molecule has 1 amide bonds. The zero-order chi connectivity index (χ0) is 21.7. The van der Waals surface area contributed by atoms with Crippen LogP contribution < -0.4 is 10.9 Å². The lowest BCUT2D eigenvalue weighted by Crippen LogP contribution is -2.44. The Morgan fingerprint density at radius 2 is 2.19 bits per heavy atom. The van der Waals surface area contributed by atoms with Crippen LogP contribution >= 0.6 is 11.3 Å². The van der Waals surface area contributed by atoms with Crippen molar-refractivity contribution in [1.82, 2.24) is 14.5 Å². The molecule has 31 heavy (non-hydrogen) atoms. The van der Waals surface area contributed by atoms with E-state index in [2.05, 4.69) is 15.2 Å². The van der Waals surface area contributed by atoms with Gasteiger partial charge < -0.3 is 15.0 Å². The molecule has 0 saturated carbocycles. The summed E-state index contributed by atoms with van der Waals surface area (Å²) < 4.78 is 15.4. The van der Waals surface area contributed by atoms with Gasteiger partial charge in [0.05, 0.1) is 12.0 Å². The Morgan fingerprint density at radius 1 is 1.35 bits per heavy atom. The molecule has 3 aromatic rings. The average Bonchev–Trinajstić information content (AvgIpc) is 3.31. The summed E-state index contributed by atoms with van der Waals surface area (Å²) >= 11 is 1.33. The lowest BCUT2D eigenvalue weighted by atomic mass is 9.86. The van der Waals surface area contributed by atoms with Gasteiger partial charge in [0.1, 0.15) is 5.82 Å². The van der Waals surface area contributed by atoms with Crippen LogP contribution in [0.3, 0.4) is 0 Å². The second-order valence-corrected chi connectivity index (χ2v) is 8.87. The fourth-order valence-corrected chi connectivity index (χ4v) is 5.57. The Hall–Kier alpha value is -2.88. The number of benzene rings is 1. The van der Waals surface area contributed by atoms with Crippen molar-refractivity contribution < 1.29 is 14.3 Å². The Morgan fingerprint density at radius 3 is 2.90 bits per heavy atom. The van der Waals surface area contributed by atoms with E-state index in [1.54, 1.807) is 34.3 Å². The van der Waals surface area contributed by atoms with Crippen molar-refractivity contribution >= 4 is 22.4 Å². The number of aliphatic hydroxyl groups is 1. The Kier molecular flexibility index (Phi) is 4.96. The average molecular weight is 441 g/mol. The van der Waals surface area contributed by atoms with Gasteiger partial charge in [0.2, 0.25) is 5.91 Å². The number of carbonyl (C=O) groups is 1. The molecule has 2 aliphatic rings. The number of fused-ring (bicyclic) bond motifs is 4. The Balaban J connectivity index is 1.57. The largest absolute Gasteiger partial charge is 0.396 e. The van der Waals surface area contributed by atoms with Crippen LogP contribution in [0.25, 0.3) is 11.1 Å². The predicted octanol–water partition coefficient (Wildman–Crippen LogP) is 2.34. The van der Waals surface area contributed by atoms with E-state index >= 15 is 0 Å². The number of nitrogens with one attached hydrogen (secondary N) is 1. The smallest absolute Gasteiger partial charge is 0.258 e. The lowest BCUT2D eigenvalue weighted by Gasteiger charge is -2.35. The van der Waals surface area contributed by atoms with E-state index < -0.39 is 11.7 Å². The molecule has 0 radical (unpaired) electrons. The highest BCUT2D eigenvalue weighted by Crippen LogP contribution is 2.47. The summed E-state index contributed by atoms with van der Waals surface area (Å²) in [7, 11) is 1.92. The van der Waals surface area contributed by atoms with Gasteiger partial charge >= 0.3 is 0 Å². The molecule has 4 heterocycles. The van der Waals surface area contributed by atoms with E-state index in [0.717, 1.165) is 5.69 Å². The molecule has 1 saturated heterocycles. The minimum Gasteiger partial charge on any atom is -0.396 e. The van der Waals surface area contributed by atoms with Crippen LogP contribution in [0.1, 0.15) is 11.7 Å². The van der Waals surface area contributed by atoms with E-state index in [4.69, 9.17) is 0 Å². The molecule has 9 heteroatoms. The number of aromatic nitrogens is 2. The molecule has 2 N–H and O–H groups in total. The molecule has 1 fully saturated rings. The van der Waals surface area contributed by atoms with E-state index in [-0.39, 0.29) is 36.1 Å². The first-order valence-electron chi connectivity index (χ1n) is 10.0. The number of halogens is 1. The van der Waals surface area contributed by atoms with Gasteiger partial charge in [-0.3, -0.25) is 14.5 Å². The van der Waals surface area contributed by atoms with Gasteiger partial charge in [-0.15, -0.1) is 11.3 Å². The van der Waals surface area contributed by atoms with E-state index in [1.807, 2.05) is 13.1 Å². The van der Waals surface area contributed by atoms with E-state index in [1.165, 1.54) is 23.5 Å². The van der Waals surface area contributed by atoms with Crippen molar-refractivity contribution in [3.63, 3.8) is 0 Å². The molecule has 0 spiro atoms. The van der Waals surface area contributed by atoms with Gasteiger partial charge in [-0.05, 0) is 36.9 Å². The number of likely N-dealkylation sites (N-methyl/N-ethyl adjacent to an activating group) is 1. The number of rotatable bonds is 4. The van der Waals surface area contributed by atoms with Crippen LogP contribution in [-0.2, 0) is 11.3 Å². The first-order chi connectivity index (χ1) is 15.0. The molecule has 0 unspecified atom stereocenters. The fraction of sp³-hybridized carbons (Fsp3) is 0.318. The number of aliphatic hydroxyl groups excluding tert-OH is 1. The third-order valence-electron chi connectivity index (χ3n) is 6.45. The van der Waals surface area contributed by atoms with Crippen LogP contribution in [0.15, 0.2) is 52.8 Å². The summed E-state index contributed by atoms with van der Waals surface area (Å²) in [6.45, 7) is 0.192. The van der Waals surface area contributed by atoms with Crippen LogP contribution in [0.4, 0.5) is 9.52 Å². The van der Waals surface area contributed by atoms with Gasteiger partial charge in [-0.1, -0.05) is 12.1 Å². The molecule has 2 bridgehead atoms. The number of carbonyl (C=O) groups excluding carboxylic acids is 1. The fourth-order valence-electron chi connectivity index (χ4n) is 5.04. The minimum atomic E-state index is -0.530. The topological polar surface area (TPSA) is 87.5 Å². The van der Waals surface area contributed by atoms with Crippen molar-refractivity contribution in [3.05, 3.63) is 69.8 Å². The number of pyridine rings is 1. The van der Waals surface area contributed by atoms with Crippen molar-refractivity contribution in [2.75, 3.05) is 19.0 Å². The number of nitrogens with zero attached hydrogens (tertiary/aromatic N) is 3. The molecule has 7 nitrogen and oxygen atoms in total. The van der Waals surface area contributed by atoms with Crippen molar-refractivity contribution in [2.24, 2.45) is 11.8 Å². The van der Waals surface area contributed by atoms with Crippen molar-refractivity contribution in [3.8, 4) is 11.1 Å². The van der Waals surface area contributed by atoms with Crippen molar-refractivity contribution in [1.29, 1.82) is 0 Å². The Labute approximate surface area is 181 Å². The summed E-state index contributed by atoms with van der Waals surface area (Å²) in [5, 5.41) is 15.3. The molecule has 160 valence electrons. The number of hydrogen-bond donors (Lipinski definition) is 2. The summed E-state index contributed by atoms with van der Waals surface area (Å²) in [5.41, 5.74) is 1.43. The lowest BCUT2D eigenvalue weighted by molar-refractivity contribution is -0.122. The molecule has 5 rings (SSSR count). The van der Waals surface area contributed by atoms with Gasteiger partial charge in [-0.25, -0.2) is 9.37 Å². The minimum absolute atomic E-state index is 0.166. The van der Waals surface area contributed by atoms with Crippen LogP contribution in [0, 0.1) is 17.7 Å². The molecule has 1 aromatic carbocycles. The summed E-state index contributed by atoms with van der Waals surface area (Å²) in [5.74, 6) is -1.48. The van der Waals surface area contributed by atoms with Crippen LogP contribution in [-0.4, -0.2) is 45.2 Å². The first-order valence-corrected chi connectivity index (χ1v) is 10.9.